The van der Waals surface area contributed by atoms with Crippen molar-refractivity contribution >= 4 is 0 Å². The highest BCUT2D eigenvalue weighted by atomic mass is 19.4. The SMILES string of the molecule is CC(C)C1(C(F)(F)F)CCN(C2COCC2(F)F)CC1. The van der Waals surface area contributed by atoms with E-state index in [1.54, 1.807) is 13.8 Å². The predicted octanol–water partition coefficient (Wildman–Crippen LogP) is 3.32. The van der Waals surface area contributed by atoms with Crippen LogP contribution in [0, 0.1) is 11.3 Å². The van der Waals surface area contributed by atoms with Gasteiger partial charge in [0.1, 0.15) is 6.61 Å². The molecule has 0 aromatic rings. The molecule has 2 rings (SSSR count). The van der Waals surface area contributed by atoms with Crippen LogP contribution in [0.4, 0.5) is 22.0 Å². The minimum Gasteiger partial charge on any atom is -0.373 e. The van der Waals surface area contributed by atoms with Gasteiger partial charge in [-0.05, 0) is 31.8 Å². The highest BCUT2D eigenvalue weighted by molar-refractivity contribution is 4.98. The number of alkyl halides is 5. The van der Waals surface area contributed by atoms with Crippen LogP contribution in [0.15, 0.2) is 0 Å². The number of hydrogen-bond donors (Lipinski definition) is 0. The van der Waals surface area contributed by atoms with E-state index in [9.17, 15) is 22.0 Å². The van der Waals surface area contributed by atoms with Gasteiger partial charge in [0.2, 0.25) is 0 Å². The van der Waals surface area contributed by atoms with Crippen LogP contribution in [0.2, 0.25) is 0 Å². The van der Waals surface area contributed by atoms with Crippen LogP contribution >= 0.6 is 0 Å². The second kappa shape index (κ2) is 5.09. The Morgan fingerprint density at radius 3 is 2.05 bits per heavy atom. The average molecular weight is 301 g/mol. The van der Waals surface area contributed by atoms with E-state index in [0.29, 0.717) is 0 Å². The van der Waals surface area contributed by atoms with Gasteiger partial charge in [-0.25, -0.2) is 8.78 Å². The summed E-state index contributed by atoms with van der Waals surface area (Å²) in [6.07, 6.45) is -4.54. The summed E-state index contributed by atoms with van der Waals surface area (Å²) in [4.78, 5) is 1.46. The lowest BCUT2D eigenvalue weighted by molar-refractivity contribution is -0.256. The predicted molar refractivity (Wildman–Crippen MR) is 63.7 cm³/mol. The Hall–Kier alpha value is -0.430. The van der Waals surface area contributed by atoms with Crippen LogP contribution in [0.5, 0.6) is 0 Å². The smallest absolute Gasteiger partial charge is 0.373 e. The summed E-state index contributed by atoms with van der Waals surface area (Å²) in [5.41, 5.74) is -1.75. The molecule has 0 aromatic heterocycles. The zero-order chi connectivity index (χ0) is 15.2. The fourth-order valence-corrected chi connectivity index (χ4v) is 3.32. The van der Waals surface area contributed by atoms with E-state index in [2.05, 4.69) is 0 Å². The molecule has 2 fully saturated rings. The van der Waals surface area contributed by atoms with Gasteiger partial charge in [0.15, 0.2) is 0 Å². The molecule has 2 heterocycles. The van der Waals surface area contributed by atoms with Crippen molar-refractivity contribution in [3.05, 3.63) is 0 Å². The number of rotatable bonds is 2. The summed E-state index contributed by atoms with van der Waals surface area (Å²) >= 11 is 0. The average Bonchev–Trinajstić information content (AvgIpc) is 2.67. The topological polar surface area (TPSA) is 12.5 Å². The highest BCUT2D eigenvalue weighted by Gasteiger charge is 2.59. The van der Waals surface area contributed by atoms with Crippen molar-refractivity contribution in [2.24, 2.45) is 11.3 Å². The van der Waals surface area contributed by atoms with E-state index < -0.39 is 36.1 Å². The summed E-state index contributed by atoms with van der Waals surface area (Å²) in [5, 5.41) is 0. The van der Waals surface area contributed by atoms with E-state index in [-0.39, 0.29) is 32.5 Å². The van der Waals surface area contributed by atoms with Crippen LogP contribution < -0.4 is 0 Å². The molecule has 118 valence electrons. The van der Waals surface area contributed by atoms with Gasteiger partial charge >= 0.3 is 6.18 Å². The molecule has 2 aliphatic rings. The second-order valence-electron chi connectivity index (χ2n) is 6.14. The van der Waals surface area contributed by atoms with Crippen LogP contribution in [-0.2, 0) is 4.74 Å². The Morgan fingerprint density at radius 2 is 1.70 bits per heavy atom. The van der Waals surface area contributed by atoms with E-state index in [1.807, 2.05) is 0 Å². The lowest BCUT2D eigenvalue weighted by atomic mass is 9.69. The molecule has 2 nitrogen and oxygen atoms in total. The van der Waals surface area contributed by atoms with Crippen LogP contribution in [0.25, 0.3) is 0 Å². The Labute approximate surface area is 115 Å². The lowest BCUT2D eigenvalue weighted by Gasteiger charge is -2.47. The maximum Gasteiger partial charge on any atom is 0.394 e. The quantitative estimate of drug-likeness (QED) is 0.726. The lowest BCUT2D eigenvalue weighted by Crippen LogP contribution is -2.56. The van der Waals surface area contributed by atoms with Gasteiger partial charge < -0.3 is 4.74 Å². The molecule has 2 aliphatic heterocycles. The Bertz CT molecular complexity index is 347. The number of likely N-dealkylation sites (tertiary alicyclic amines) is 1. The van der Waals surface area contributed by atoms with E-state index >= 15 is 0 Å². The fraction of sp³-hybridized carbons (Fsp3) is 1.00. The molecule has 0 amide bonds. The van der Waals surface area contributed by atoms with E-state index in [1.165, 1.54) is 4.90 Å². The third kappa shape index (κ3) is 2.54. The van der Waals surface area contributed by atoms with Crippen LogP contribution in [0.3, 0.4) is 0 Å². The molecule has 1 unspecified atom stereocenters. The van der Waals surface area contributed by atoms with Crippen molar-refractivity contribution in [2.45, 2.75) is 44.8 Å². The first-order valence-electron chi connectivity index (χ1n) is 6.86. The highest BCUT2D eigenvalue weighted by Crippen LogP contribution is 2.52. The zero-order valence-corrected chi connectivity index (χ0v) is 11.6. The molecule has 0 N–H and O–H groups in total. The number of ether oxygens (including phenoxy) is 1. The molecule has 0 saturated carbocycles. The van der Waals surface area contributed by atoms with Crippen molar-refractivity contribution in [3.63, 3.8) is 0 Å². The normalized spacial score (nSPS) is 30.9. The molecule has 1 atom stereocenters. The van der Waals surface area contributed by atoms with Gasteiger partial charge in [-0.3, -0.25) is 4.90 Å². The third-order valence-corrected chi connectivity index (χ3v) is 4.86. The van der Waals surface area contributed by atoms with Crippen LogP contribution in [0.1, 0.15) is 26.7 Å². The first-order chi connectivity index (χ1) is 9.10. The standard InChI is InChI=1S/C13H20F5NO/c1-9(2)11(13(16,17)18)3-5-19(6-4-11)10-7-20-8-12(10,14)15/h9-10H,3-8H2,1-2H3. The summed E-state index contributed by atoms with van der Waals surface area (Å²) in [7, 11) is 0. The molecule has 7 heteroatoms. The fourth-order valence-electron chi connectivity index (χ4n) is 3.32. The molecule has 0 bridgehead atoms. The number of hydrogen-bond acceptors (Lipinski definition) is 2. The molecule has 0 aromatic carbocycles. The Morgan fingerprint density at radius 1 is 1.15 bits per heavy atom. The summed E-state index contributed by atoms with van der Waals surface area (Å²) in [6.45, 7) is 2.45. The van der Waals surface area contributed by atoms with E-state index in [4.69, 9.17) is 4.74 Å². The second-order valence-corrected chi connectivity index (χ2v) is 6.14. The largest absolute Gasteiger partial charge is 0.394 e. The van der Waals surface area contributed by atoms with E-state index in [0.717, 1.165) is 0 Å². The summed E-state index contributed by atoms with van der Waals surface area (Å²) in [6, 6.07) is -1.08. The minimum atomic E-state index is -4.29. The van der Waals surface area contributed by atoms with Gasteiger partial charge in [-0.1, -0.05) is 13.8 Å². The minimum absolute atomic E-state index is 0.0430. The maximum absolute atomic E-state index is 13.6. The van der Waals surface area contributed by atoms with Crippen molar-refractivity contribution in [3.8, 4) is 0 Å². The van der Waals surface area contributed by atoms with Crippen molar-refractivity contribution < 1.29 is 26.7 Å². The summed E-state index contributed by atoms with van der Waals surface area (Å²) < 4.78 is 71.9. The maximum atomic E-state index is 13.6. The molecular formula is C13H20F5NO. The first kappa shape index (κ1) is 15.9. The van der Waals surface area contributed by atoms with Gasteiger partial charge in [-0.15, -0.1) is 0 Å². The molecule has 0 radical (unpaired) electrons. The van der Waals surface area contributed by atoms with Gasteiger partial charge in [0.25, 0.3) is 5.92 Å². The molecule has 2 saturated heterocycles. The molecule has 0 aliphatic carbocycles. The number of halogens is 5. The molecule has 0 spiro atoms. The van der Waals surface area contributed by atoms with Gasteiger partial charge in [0, 0.05) is 0 Å². The van der Waals surface area contributed by atoms with Crippen LogP contribution in [-0.4, -0.2) is 49.3 Å². The van der Waals surface area contributed by atoms with Gasteiger partial charge in [0.05, 0.1) is 18.1 Å². The number of nitrogens with zero attached hydrogens (tertiary/aromatic N) is 1. The van der Waals surface area contributed by atoms with Crippen molar-refractivity contribution in [2.75, 3.05) is 26.3 Å². The number of piperidine rings is 1. The zero-order valence-electron chi connectivity index (χ0n) is 11.6. The molecular weight excluding hydrogens is 281 g/mol. The third-order valence-electron chi connectivity index (χ3n) is 4.86. The van der Waals surface area contributed by atoms with Gasteiger partial charge in [-0.2, -0.15) is 13.2 Å². The molecule has 20 heavy (non-hydrogen) atoms. The van der Waals surface area contributed by atoms with Crippen molar-refractivity contribution in [1.29, 1.82) is 0 Å². The first-order valence-corrected chi connectivity index (χ1v) is 6.86. The monoisotopic (exact) mass is 301 g/mol. The van der Waals surface area contributed by atoms with Crippen molar-refractivity contribution in [1.82, 2.24) is 4.90 Å². The Balaban J connectivity index is 2.08. The Kier molecular flexibility index (Phi) is 4.06. The summed E-state index contributed by atoms with van der Waals surface area (Å²) in [5.74, 6) is -3.51.